The molecule has 2 unspecified atom stereocenters. The minimum Gasteiger partial charge on any atom is -0.496 e. The van der Waals surface area contributed by atoms with Crippen LogP contribution in [0.4, 0.5) is 4.79 Å². The number of hydrogen-bond donors (Lipinski definition) is 2. The fourth-order valence-electron chi connectivity index (χ4n) is 2.96. The summed E-state index contributed by atoms with van der Waals surface area (Å²) < 4.78 is 10.7. The Kier molecular flexibility index (Phi) is 6.83. The van der Waals surface area contributed by atoms with Gasteiger partial charge in [-0.3, -0.25) is 0 Å². The van der Waals surface area contributed by atoms with Crippen LogP contribution in [0.2, 0.25) is 10.0 Å². The standard InChI is InChI=1S/C18H26Cl2N2O3/c1-18(2,3)25-17(23)22-10-12-6-5-11(9-21-12)15-14(24-4)8-7-13(19)16(15)20/h7-8,11-12,21H,5-6,9-10H2,1-4H3,(H,22,23). The second kappa shape index (κ2) is 8.47. The van der Waals surface area contributed by atoms with Gasteiger partial charge in [0, 0.05) is 30.6 Å². The van der Waals surface area contributed by atoms with E-state index in [4.69, 9.17) is 32.7 Å². The van der Waals surface area contributed by atoms with Crippen LogP contribution in [-0.4, -0.2) is 37.9 Å². The summed E-state index contributed by atoms with van der Waals surface area (Å²) in [5.41, 5.74) is 0.456. The van der Waals surface area contributed by atoms with E-state index in [1.165, 1.54) is 0 Å². The first kappa shape index (κ1) is 20.1. The maximum Gasteiger partial charge on any atom is 0.407 e. The number of nitrogens with one attached hydrogen (secondary N) is 2. The predicted molar refractivity (Wildman–Crippen MR) is 101 cm³/mol. The van der Waals surface area contributed by atoms with E-state index in [0.29, 0.717) is 16.6 Å². The highest BCUT2D eigenvalue weighted by atomic mass is 35.5. The number of hydrogen-bond acceptors (Lipinski definition) is 4. The molecule has 0 aromatic heterocycles. The molecule has 1 aliphatic rings. The van der Waals surface area contributed by atoms with Gasteiger partial charge in [-0.15, -0.1) is 0 Å². The average Bonchev–Trinajstić information content (AvgIpc) is 2.54. The summed E-state index contributed by atoms with van der Waals surface area (Å²) in [5.74, 6) is 0.977. The van der Waals surface area contributed by atoms with Crippen LogP contribution >= 0.6 is 23.2 Å². The molecule has 1 fully saturated rings. The molecule has 0 aliphatic carbocycles. The zero-order valence-electron chi connectivity index (χ0n) is 15.1. The van der Waals surface area contributed by atoms with Gasteiger partial charge in [0.15, 0.2) is 0 Å². The highest BCUT2D eigenvalue weighted by Crippen LogP contribution is 2.40. The molecule has 1 aliphatic heterocycles. The SMILES string of the molecule is COc1ccc(Cl)c(Cl)c1C1CCC(CNC(=O)OC(C)(C)C)NC1. The van der Waals surface area contributed by atoms with E-state index in [1.807, 2.05) is 26.8 Å². The molecule has 2 atom stereocenters. The minimum atomic E-state index is -0.491. The lowest BCUT2D eigenvalue weighted by Crippen LogP contribution is -2.46. The Morgan fingerprint density at radius 3 is 2.60 bits per heavy atom. The summed E-state index contributed by atoms with van der Waals surface area (Å²) >= 11 is 12.6. The van der Waals surface area contributed by atoms with Crippen molar-refractivity contribution in [2.24, 2.45) is 0 Å². The first-order valence-electron chi connectivity index (χ1n) is 8.43. The lowest BCUT2D eigenvalue weighted by molar-refractivity contribution is 0.0520. The topological polar surface area (TPSA) is 59.6 Å². The zero-order valence-corrected chi connectivity index (χ0v) is 16.6. The Labute approximate surface area is 159 Å². The second-order valence-corrected chi connectivity index (χ2v) is 8.02. The van der Waals surface area contributed by atoms with Crippen molar-refractivity contribution >= 4 is 29.3 Å². The van der Waals surface area contributed by atoms with Crippen LogP contribution in [0.1, 0.15) is 45.1 Å². The number of piperidine rings is 1. The first-order valence-corrected chi connectivity index (χ1v) is 9.19. The quantitative estimate of drug-likeness (QED) is 0.803. The predicted octanol–water partition coefficient (Wildman–Crippen LogP) is 4.36. The van der Waals surface area contributed by atoms with Gasteiger partial charge in [-0.05, 0) is 45.7 Å². The number of alkyl carbamates (subject to hydrolysis) is 1. The Balaban J connectivity index is 1.90. The van der Waals surface area contributed by atoms with Crippen molar-refractivity contribution in [3.63, 3.8) is 0 Å². The van der Waals surface area contributed by atoms with E-state index in [0.717, 1.165) is 30.7 Å². The molecule has 1 heterocycles. The summed E-state index contributed by atoms with van der Waals surface area (Å²) in [6.45, 7) is 6.81. The van der Waals surface area contributed by atoms with Crippen molar-refractivity contribution in [3.05, 3.63) is 27.7 Å². The number of benzene rings is 1. The third-order valence-corrected chi connectivity index (χ3v) is 4.95. The van der Waals surface area contributed by atoms with E-state index in [1.54, 1.807) is 13.2 Å². The van der Waals surface area contributed by atoms with Gasteiger partial charge in [0.25, 0.3) is 0 Å². The molecule has 1 aromatic rings. The van der Waals surface area contributed by atoms with E-state index < -0.39 is 11.7 Å². The van der Waals surface area contributed by atoms with Crippen LogP contribution < -0.4 is 15.4 Å². The fourth-order valence-corrected chi connectivity index (χ4v) is 3.44. The van der Waals surface area contributed by atoms with Crippen LogP contribution in [0.15, 0.2) is 12.1 Å². The maximum absolute atomic E-state index is 11.7. The zero-order chi connectivity index (χ0) is 18.6. The van der Waals surface area contributed by atoms with Gasteiger partial charge in [-0.1, -0.05) is 23.2 Å². The van der Waals surface area contributed by atoms with E-state index >= 15 is 0 Å². The number of rotatable bonds is 4. The van der Waals surface area contributed by atoms with E-state index in [2.05, 4.69) is 10.6 Å². The number of carbonyl (C=O) groups is 1. The Morgan fingerprint density at radius 1 is 1.32 bits per heavy atom. The molecular formula is C18H26Cl2N2O3. The van der Waals surface area contributed by atoms with E-state index in [-0.39, 0.29) is 12.0 Å². The number of methoxy groups -OCH3 is 1. The summed E-state index contributed by atoms with van der Waals surface area (Å²) in [7, 11) is 1.63. The summed E-state index contributed by atoms with van der Waals surface area (Å²) in [6.07, 6.45) is 1.45. The third kappa shape index (κ3) is 5.66. The molecule has 1 amide bonds. The van der Waals surface area contributed by atoms with Gasteiger partial charge >= 0.3 is 6.09 Å². The number of halogens is 2. The molecule has 0 spiro atoms. The largest absolute Gasteiger partial charge is 0.496 e. The molecule has 5 nitrogen and oxygen atoms in total. The molecule has 140 valence electrons. The van der Waals surface area contributed by atoms with Crippen molar-refractivity contribution in [1.29, 1.82) is 0 Å². The molecule has 25 heavy (non-hydrogen) atoms. The van der Waals surface area contributed by atoms with Crippen LogP contribution in [-0.2, 0) is 4.74 Å². The lowest BCUT2D eigenvalue weighted by Gasteiger charge is -2.31. The Hall–Kier alpha value is -1.17. The highest BCUT2D eigenvalue weighted by Gasteiger charge is 2.27. The molecule has 1 saturated heterocycles. The van der Waals surface area contributed by atoms with E-state index in [9.17, 15) is 4.79 Å². The third-order valence-electron chi connectivity index (χ3n) is 4.13. The molecule has 2 N–H and O–H groups in total. The molecule has 0 saturated carbocycles. The normalized spacial score (nSPS) is 20.9. The Morgan fingerprint density at radius 2 is 2.04 bits per heavy atom. The first-order chi connectivity index (χ1) is 11.7. The van der Waals surface area contributed by atoms with Crippen LogP contribution in [0.25, 0.3) is 0 Å². The summed E-state index contributed by atoms with van der Waals surface area (Å²) in [4.78, 5) is 11.7. The Bertz CT molecular complexity index is 609. The van der Waals surface area contributed by atoms with Gasteiger partial charge in [0.1, 0.15) is 11.4 Å². The van der Waals surface area contributed by atoms with Crippen LogP contribution in [0, 0.1) is 0 Å². The van der Waals surface area contributed by atoms with Crippen LogP contribution in [0.3, 0.4) is 0 Å². The maximum atomic E-state index is 11.7. The minimum absolute atomic E-state index is 0.202. The molecule has 2 rings (SSSR count). The molecular weight excluding hydrogens is 363 g/mol. The highest BCUT2D eigenvalue weighted by molar-refractivity contribution is 6.42. The molecule has 1 aromatic carbocycles. The van der Waals surface area contributed by atoms with Gasteiger partial charge in [-0.25, -0.2) is 4.79 Å². The van der Waals surface area contributed by atoms with Gasteiger partial charge in [-0.2, -0.15) is 0 Å². The van der Waals surface area contributed by atoms with Gasteiger partial charge < -0.3 is 20.1 Å². The average molecular weight is 389 g/mol. The fraction of sp³-hybridized carbons (Fsp3) is 0.611. The van der Waals surface area contributed by atoms with Crippen molar-refractivity contribution in [2.75, 3.05) is 20.2 Å². The number of carbonyl (C=O) groups excluding carboxylic acids is 1. The molecule has 0 radical (unpaired) electrons. The van der Waals surface area contributed by atoms with Crippen molar-refractivity contribution in [2.45, 2.75) is 51.2 Å². The molecule has 7 heteroatoms. The lowest BCUT2D eigenvalue weighted by atomic mass is 9.88. The van der Waals surface area contributed by atoms with Gasteiger partial charge in [0.2, 0.25) is 0 Å². The number of ether oxygens (including phenoxy) is 2. The summed E-state index contributed by atoms with van der Waals surface area (Å²) in [5, 5.41) is 7.35. The van der Waals surface area contributed by atoms with Gasteiger partial charge in [0.05, 0.1) is 17.2 Å². The molecule has 0 bridgehead atoms. The summed E-state index contributed by atoms with van der Waals surface area (Å²) in [6, 6.07) is 3.79. The smallest absolute Gasteiger partial charge is 0.407 e. The monoisotopic (exact) mass is 388 g/mol. The second-order valence-electron chi connectivity index (χ2n) is 7.24. The van der Waals surface area contributed by atoms with Crippen molar-refractivity contribution in [3.8, 4) is 5.75 Å². The van der Waals surface area contributed by atoms with Crippen molar-refractivity contribution in [1.82, 2.24) is 10.6 Å². The number of amides is 1. The van der Waals surface area contributed by atoms with Crippen molar-refractivity contribution < 1.29 is 14.3 Å². The van der Waals surface area contributed by atoms with Crippen LogP contribution in [0.5, 0.6) is 5.75 Å².